The summed E-state index contributed by atoms with van der Waals surface area (Å²) in [6.45, 7) is 0. The molecule has 0 saturated carbocycles. The van der Waals surface area contributed by atoms with Gasteiger partial charge in [-0.15, -0.1) is 0 Å². The largest absolute Gasteiger partial charge is 0.467 e. The summed E-state index contributed by atoms with van der Waals surface area (Å²) in [5.41, 5.74) is 7.06. The summed E-state index contributed by atoms with van der Waals surface area (Å²) in [5.74, 6) is 0.312. The van der Waals surface area contributed by atoms with Gasteiger partial charge in [0, 0.05) is 11.4 Å². The SMILES string of the molecule is COc1nc(Cl)nc(Nc2ccc(N)cc2)n1. The molecule has 1 aromatic carbocycles. The van der Waals surface area contributed by atoms with Gasteiger partial charge in [-0.25, -0.2) is 0 Å². The zero-order valence-corrected chi connectivity index (χ0v) is 9.77. The summed E-state index contributed by atoms with van der Waals surface area (Å²) < 4.78 is 4.89. The first kappa shape index (κ1) is 11.4. The second kappa shape index (κ2) is 4.84. The minimum atomic E-state index is 0.0646. The van der Waals surface area contributed by atoms with Gasteiger partial charge in [0.25, 0.3) is 0 Å². The third-order valence-electron chi connectivity index (χ3n) is 1.94. The minimum absolute atomic E-state index is 0.0646. The second-order valence-corrected chi connectivity index (χ2v) is 3.50. The molecule has 7 heteroatoms. The van der Waals surface area contributed by atoms with Crippen molar-refractivity contribution in [2.24, 2.45) is 0 Å². The van der Waals surface area contributed by atoms with E-state index in [1.807, 2.05) is 0 Å². The average molecular weight is 252 g/mol. The lowest BCUT2D eigenvalue weighted by Crippen LogP contribution is -2.01. The normalized spacial score (nSPS) is 10.0. The fraction of sp³-hybridized carbons (Fsp3) is 0.100. The molecule has 0 aliphatic heterocycles. The number of halogens is 1. The van der Waals surface area contributed by atoms with Crippen molar-refractivity contribution in [3.8, 4) is 6.01 Å². The highest BCUT2D eigenvalue weighted by Crippen LogP contribution is 2.17. The molecule has 1 aromatic heterocycles. The van der Waals surface area contributed by atoms with E-state index in [1.165, 1.54) is 7.11 Å². The Morgan fingerprint density at radius 1 is 1.18 bits per heavy atom. The molecule has 0 saturated heterocycles. The number of nitrogens with zero attached hydrogens (tertiary/aromatic N) is 3. The number of hydrogen-bond donors (Lipinski definition) is 2. The zero-order chi connectivity index (χ0) is 12.3. The third kappa shape index (κ3) is 2.94. The first-order valence-corrected chi connectivity index (χ1v) is 5.13. The van der Waals surface area contributed by atoms with Crippen molar-refractivity contribution >= 4 is 28.9 Å². The molecular weight excluding hydrogens is 242 g/mol. The molecule has 0 spiro atoms. The molecule has 0 fully saturated rings. The van der Waals surface area contributed by atoms with E-state index in [9.17, 15) is 0 Å². The van der Waals surface area contributed by atoms with E-state index in [0.717, 1.165) is 5.69 Å². The van der Waals surface area contributed by atoms with Crippen LogP contribution in [0.25, 0.3) is 0 Å². The van der Waals surface area contributed by atoms with Crippen LogP contribution in [0.5, 0.6) is 6.01 Å². The van der Waals surface area contributed by atoms with Crippen LogP contribution in [-0.2, 0) is 0 Å². The number of anilines is 3. The summed E-state index contributed by atoms with van der Waals surface area (Å²) in [5, 5.41) is 3.03. The van der Waals surface area contributed by atoms with Gasteiger partial charge in [0.2, 0.25) is 11.2 Å². The molecular formula is C10H10ClN5O. The van der Waals surface area contributed by atoms with Crippen molar-refractivity contribution < 1.29 is 4.74 Å². The summed E-state index contributed by atoms with van der Waals surface area (Å²) >= 11 is 5.72. The van der Waals surface area contributed by atoms with E-state index in [2.05, 4.69) is 20.3 Å². The number of nitrogens with two attached hydrogens (primary N) is 1. The molecule has 0 aliphatic carbocycles. The van der Waals surface area contributed by atoms with Gasteiger partial charge in [-0.3, -0.25) is 0 Å². The van der Waals surface area contributed by atoms with E-state index in [0.29, 0.717) is 11.6 Å². The number of hydrogen-bond acceptors (Lipinski definition) is 6. The fourth-order valence-corrected chi connectivity index (χ4v) is 1.33. The molecule has 17 heavy (non-hydrogen) atoms. The van der Waals surface area contributed by atoms with E-state index in [-0.39, 0.29) is 11.3 Å². The predicted octanol–water partition coefficient (Wildman–Crippen LogP) is 1.86. The number of ether oxygens (including phenoxy) is 1. The Kier molecular flexibility index (Phi) is 3.24. The number of methoxy groups -OCH3 is 1. The van der Waals surface area contributed by atoms with Crippen molar-refractivity contribution in [2.45, 2.75) is 0 Å². The predicted molar refractivity (Wildman–Crippen MR) is 65.5 cm³/mol. The van der Waals surface area contributed by atoms with Crippen LogP contribution in [0, 0.1) is 0 Å². The van der Waals surface area contributed by atoms with Gasteiger partial charge >= 0.3 is 6.01 Å². The third-order valence-corrected chi connectivity index (χ3v) is 2.11. The van der Waals surface area contributed by atoms with Crippen LogP contribution in [0.1, 0.15) is 0 Å². The molecule has 2 aromatic rings. The van der Waals surface area contributed by atoms with Gasteiger partial charge in [-0.2, -0.15) is 15.0 Å². The van der Waals surface area contributed by atoms with Gasteiger partial charge in [0.15, 0.2) is 0 Å². The van der Waals surface area contributed by atoms with Crippen LogP contribution >= 0.6 is 11.6 Å². The molecule has 6 nitrogen and oxygen atoms in total. The molecule has 0 aliphatic rings. The Morgan fingerprint density at radius 2 is 1.88 bits per heavy atom. The number of benzene rings is 1. The number of nitrogen functional groups attached to an aromatic ring is 1. The molecule has 88 valence electrons. The monoisotopic (exact) mass is 251 g/mol. The van der Waals surface area contributed by atoms with Crippen LogP contribution in [-0.4, -0.2) is 22.1 Å². The quantitative estimate of drug-likeness (QED) is 0.810. The molecule has 0 amide bonds. The van der Waals surface area contributed by atoms with Gasteiger partial charge in [-0.05, 0) is 35.9 Å². The van der Waals surface area contributed by atoms with Crippen LogP contribution in [0.15, 0.2) is 24.3 Å². The molecule has 0 radical (unpaired) electrons. The standard InChI is InChI=1S/C10H10ClN5O/c1-17-10-15-8(11)14-9(16-10)13-7-4-2-6(12)3-5-7/h2-5H,12H2,1H3,(H,13,14,15,16). The number of nitrogens with one attached hydrogen (secondary N) is 1. The van der Waals surface area contributed by atoms with Crippen molar-refractivity contribution in [1.29, 1.82) is 0 Å². The second-order valence-electron chi connectivity index (χ2n) is 3.16. The maximum absolute atomic E-state index is 5.72. The summed E-state index contributed by atoms with van der Waals surface area (Å²) in [6, 6.07) is 7.30. The Balaban J connectivity index is 2.23. The highest BCUT2D eigenvalue weighted by molar-refractivity contribution is 6.28. The Bertz CT molecular complexity index is 517. The molecule has 0 unspecified atom stereocenters. The van der Waals surface area contributed by atoms with E-state index in [1.54, 1.807) is 24.3 Å². The highest BCUT2D eigenvalue weighted by Gasteiger charge is 2.05. The highest BCUT2D eigenvalue weighted by atomic mass is 35.5. The van der Waals surface area contributed by atoms with E-state index < -0.39 is 0 Å². The Hall–Kier alpha value is -2.08. The maximum Gasteiger partial charge on any atom is 0.322 e. The van der Waals surface area contributed by atoms with Crippen LogP contribution in [0.3, 0.4) is 0 Å². The zero-order valence-electron chi connectivity index (χ0n) is 9.01. The molecule has 0 bridgehead atoms. The topological polar surface area (TPSA) is 86.0 Å². The first-order chi connectivity index (χ1) is 8.17. The lowest BCUT2D eigenvalue weighted by atomic mass is 10.3. The number of rotatable bonds is 3. The molecule has 2 rings (SSSR count). The molecule has 0 atom stereocenters. The van der Waals surface area contributed by atoms with Crippen molar-refractivity contribution in [1.82, 2.24) is 15.0 Å². The maximum atomic E-state index is 5.72. The van der Waals surface area contributed by atoms with Crippen molar-refractivity contribution in [3.63, 3.8) is 0 Å². The van der Waals surface area contributed by atoms with Crippen LogP contribution < -0.4 is 15.8 Å². The molecule has 1 heterocycles. The van der Waals surface area contributed by atoms with Gasteiger partial charge in [-0.1, -0.05) is 0 Å². The minimum Gasteiger partial charge on any atom is -0.467 e. The van der Waals surface area contributed by atoms with Gasteiger partial charge in [0.05, 0.1) is 7.11 Å². The summed E-state index contributed by atoms with van der Waals surface area (Å²) in [6.07, 6.45) is 0. The average Bonchev–Trinajstić information content (AvgIpc) is 2.31. The fourth-order valence-electron chi connectivity index (χ4n) is 1.17. The Morgan fingerprint density at radius 3 is 2.53 bits per heavy atom. The van der Waals surface area contributed by atoms with Gasteiger partial charge < -0.3 is 15.8 Å². The number of aromatic nitrogens is 3. The van der Waals surface area contributed by atoms with Crippen LogP contribution in [0.4, 0.5) is 17.3 Å². The molecule has 3 N–H and O–H groups in total. The smallest absolute Gasteiger partial charge is 0.322 e. The lowest BCUT2D eigenvalue weighted by molar-refractivity contribution is 0.379. The Labute approximate surface area is 103 Å². The summed E-state index contributed by atoms with van der Waals surface area (Å²) in [4.78, 5) is 11.7. The van der Waals surface area contributed by atoms with Crippen molar-refractivity contribution in [2.75, 3.05) is 18.2 Å². The van der Waals surface area contributed by atoms with Crippen LogP contribution in [0.2, 0.25) is 5.28 Å². The van der Waals surface area contributed by atoms with E-state index in [4.69, 9.17) is 22.1 Å². The lowest BCUT2D eigenvalue weighted by Gasteiger charge is -2.06. The van der Waals surface area contributed by atoms with Gasteiger partial charge in [0.1, 0.15) is 0 Å². The van der Waals surface area contributed by atoms with Crippen molar-refractivity contribution in [3.05, 3.63) is 29.5 Å². The van der Waals surface area contributed by atoms with E-state index >= 15 is 0 Å². The summed E-state index contributed by atoms with van der Waals surface area (Å²) in [7, 11) is 1.46. The first-order valence-electron chi connectivity index (χ1n) is 4.75.